The van der Waals surface area contributed by atoms with Crippen LogP contribution in [0.1, 0.15) is 30.9 Å². The number of hydrogen-bond donors (Lipinski definition) is 3. The summed E-state index contributed by atoms with van der Waals surface area (Å²) in [6, 6.07) is 6.73. The van der Waals surface area contributed by atoms with Gasteiger partial charge in [0, 0.05) is 10.5 Å². The maximum atomic E-state index is 11.8. The van der Waals surface area contributed by atoms with Gasteiger partial charge in [-0.2, -0.15) is 0 Å². The highest BCUT2D eigenvalue weighted by atomic mass is 79.9. The van der Waals surface area contributed by atoms with Crippen molar-refractivity contribution in [2.75, 3.05) is 0 Å². The van der Waals surface area contributed by atoms with Crippen LogP contribution >= 0.6 is 15.9 Å². The molecule has 4 N–H and O–H groups in total. The third-order valence-electron chi connectivity index (χ3n) is 2.90. The standard InChI is InChI=1S/C13H16BrN3O2/c14-9-3-1-2-8(6-9)11(17-13(15)19)7-12(18)16-10-4-5-10/h1-3,6,10-11H,4-5,7H2,(H,16,18)(H3,15,17,19). The summed E-state index contributed by atoms with van der Waals surface area (Å²) in [6.07, 6.45) is 2.27. The van der Waals surface area contributed by atoms with E-state index in [0.29, 0.717) is 6.04 Å². The number of nitrogens with two attached hydrogens (primary N) is 1. The summed E-state index contributed by atoms with van der Waals surface area (Å²) in [5.41, 5.74) is 6.01. The molecule has 0 bridgehead atoms. The second kappa shape index (κ2) is 6.06. The monoisotopic (exact) mass is 325 g/mol. The third kappa shape index (κ3) is 4.55. The topological polar surface area (TPSA) is 84.2 Å². The number of primary amides is 1. The fourth-order valence-corrected chi connectivity index (χ4v) is 2.26. The molecule has 1 aliphatic rings. The molecule has 0 aliphatic heterocycles. The molecule has 0 radical (unpaired) electrons. The molecule has 0 saturated heterocycles. The fraction of sp³-hybridized carbons (Fsp3) is 0.385. The Morgan fingerprint density at radius 3 is 2.74 bits per heavy atom. The Morgan fingerprint density at radius 1 is 1.42 bits per heavy atom. The Morgan fingerprint density at radius 2 is 2.16 bits per heavy atom. The lowest BCUT2D eigenvalue weighted by atomic mass is 10.0. The van der Waals surface area contributed by atoms with Gasteiger partial charge in [0.15, 0.2) is 0 Å². The van der Waals surface area contributed by atoms with Gasteiger partial charge < -0.3 is 16.4 Å². The number of urea groups is 1. The van der Waals surface area contributed by atoms with E-state index in [2.05, 4.69) is 26.6 Å². The lowest BCUT2D eigenvalue weighted by Crippen LogP contribution is -2.37. The van der Waals surface area contributed by atoms with Crippen molar-refractivity contribution in [3.8, 4) is 0 Å². The van der Waals surface area contributed by atoms with Crippen LogP contribution in [-0.4, -0.2) is 18.0 Å². The molecule has 1 saturated carbocycles. The van der Waals surface area contributed by atoms with Crippen LogP contribution in [0.25, 0.3) is 0 Å². The summed E-state index contributed by atoms with van der Waals surface area (Å²) in [7, 11) is 0. The van der Waals surface area contributed by atoms with Crippen molar-refractivity contribution in [1.82, 2.24) is 10.6 Å². The van der Waals surface area contributed by atoms with E-state index in [9.17, 15) is 9.59 Å². The Labute approximate surface area is 120 Å². The maximum absolute atomic E-state index is 11.8. The van der Waals surface area contributed by atoms with Gasteiger partial charge in [-0.05, 0) is 30.5 Å². The molecule has 19 heavy (non-hydrogen) atoms. The normalized spacial score (nSPS) is 15.6. The molecular weight excluding hydrogens is 310 g/mol. The van der Waals surface area contributed by atoms with Gasteiger partial charge in [0.1, 0.15) is 0 Å². The average molecular weight is 326 g/mol. The molecule has 1 aromatic carbocycles. The van der Waals surface area contributed by atoms with Crippen LogP contribution in [0.15, 0.2) is 28.7 Å². The average Bonchev–Trinajstić information content (AvgIpc) is 3.11. The lowest BCUT2D eigenvalue weighted by molar-refractivity contribution is -0.121. The molecule has 3 amide bonds. The first-order valence-electron chi connectivity index (χ1n) is 6.15. The van der Waals surface area contributed by atoms with Crippen LogP contribution in [0.5, 0.6) is 0 Å². The van der Waals surface area contributed by atoms with E-state index in [1.165, 1.54) is 0 Å². The number of hydrogen-bond acceptors (Lipinski definition) is 2. The molecule has 1 atom stereocenters. The summed E-state index contributed by atoms with van der Waals surface area (Å²) in [6.45, 7) is 0. The van der Waals surface area contributed by atoms with E-state index in [1.807, 2.05) is 24.3 Å². The van der Waals surface area contributed by atoms with Crippen molar-refractivity contribution >= 4 is 27.9 Å². The first-order chi connectivity index (χ1) is 9.04. The van der Waals surface area contributed by atoms with Gasteiger partial charge in [0.05, 0.1) is 12.5 Å². The number of nitrogens with one attached hydrogen (secondary N) is 2. The minimum atomic E-state index is -0.635. The fourth-order valence-electron chi connectivity index (χ4n) is 1.85. The first-order valence-corrected chi connectivity index (χ1v) is 6.94. The molecule has 1 unspecified atom stereocenters. The minimum Gasteiger partial charge on any atom is -0.353 e. The van der Waals surface area contributed by atoms with Gasteiger partial charge in [-0.15, -0.1) is 0 Å². The van der Waals surface area contributed by atoms with Gasteiger partial charge in [-0.3, -0.25) is 4.79 Å². The highest BCUT2D eigenvalue weighted by Gasteiger charge is 2.25. The molecule has 102 valence electrons. The highest BCUT2D eigenvalue weighted by molar-refractivity contribution is 9.10. The molecule has 1 fully saturated rings. The van der Waals surface area contributed by atoms with Crippen molar-refractivity contribution < 1.29 is 9.59 Å². The Bertz CT molecular complexity index is 489. The number of rotatable bonds is 5. The second-order valence-corrected chi connectivity index (χ2v) is 5.58. The Balaban J connectivity index is 2.05. The molecular formula is C13H16BrN3O2. The summed E-state index contributed by atoms with van der Waals surface area (Å²) in [5.74, 6) is -0.0683. The zero-order valence-electron chi connectivity index (χ0n) is 10.4. The van der Waals surface area contributed by atoms with Crippen LogP contribution in [-0.2, 0) is 4.79 Å². The van der Waals surface area contributed by atoms with Gasteiger partial charge in [-0.1, -0.05) is 28.1 Å². The van der Waals surface area contributed by atoms with Gasteiger partial charge >= 0.3 is 6.03 Å². The molecule has 5 nitrogen and oxygen atoms in total. The Kier molecular flexibility index (Phi) is 4.42. The van der Waals surface area contributed by atoms with Gasteiger partial charge in [0.2, 0.25) is 5.91 Å². The van der Waals surface area contributed by atoms with Crippen LogP contribution in [0.4, 0.5) is 4.79 Å². The smallest absolute Gasteiger partial charge is 0.312 e. The third-order valence-corrected chi connectivity index (χ3v) is 3.39. The van der Waals surface area contributed by atoms with Gasteiger partial charge in [0.25, 0.3) is 0 Å². The number of amides is 3. The molecule has 0 spiro atoms. The van der Waals surface area contributed by atoms with Crippen LogP contribution in [0.2, 0.25) is 0 Å². The lowest BCUT2D eigenvalue weighted by Gasteiger charge is -2.18. The predicted octanol–water partition coefficient (Wildman–Crippen LogP) is 1.83. The summed E-state index contributed by atoms with van der Waals surface area (Å²) < 4.78 is 0.892. The zero-order chi connectivity index (χ0) is 13.8. The minimum absolute atomic E-state index is 0.0683. The van der Waals surface area contributed by atoms with Crippen molar-refractivity contribution in [2.45, 2.75) is 31.3 Å². The maximum Gasteiger partial charge on any atom is 0.312 e. The van der Waals surface area contributed by atoms with E-state index in [-0.39, 0.29) is 12.3 Å². The molecule has 6 heteroatoms. The molecule has 2 rings (SSSR count). The molecule has 0 heterocycles. The quantitative estimate of drug-likeness (QED) is 0.771. The second-order valence-electron chi connectivity index (χ2n) is 4.66. The largest absolute Gasteiger partial charge is 0.353 e. The van der Waals surface area contributed by atoms with Crippen molar-refractivity contribution in [1.29, 1.82) is 0 Å². The highest BCUT2D eigenvalue weighted by Crippen LogP contribution is 2.23. The predicted molar refractivity (Wildman–Crippen MR) is 75.4 cm³/mol. The van der Waals surface area contributed by atoms with Gasteiger partial charge in [-0.25, -0.2) is 4.79 Å². The van der Waals surface area contributed by atoms with Crippen molar-refractivity contribution in [3.05, 3.63) is 34.3 Å². The first kappa shape index (κ1) is 13.9. The number of halogens is 1. The molecule has 1 aliphatic carbocycles. The van der Waals surface area contributed by atoms with E-state index >= 15 is 0 Å². The molecule has 0 aromatic heterocycles. The zero-order valence-corrected chi connectivity index (χ0v) is 11.9. The van der Waals surface area contributed by atoms with Crippen LogP contribution < -0.4 is 16.4 Å². The van der Waals surface area contributed by atoms with Crippen LogP contribution in [0.3, 0.4) is 0 Å². The van der Waals surface area contributed by atoms with E-state index < -0.39 is 12.1 Å². The summed E-state index contributed by atoms with van der Waals surface area (Å²) in [5, 5.41) is 5.50. The SMILES string of the molecule is NC(=O)NC(CC(=O)NC1CC1)c1cccc(Br)c1. The van der Waals surface area contributed by atoms with E-state index in [0.717, 1.165) is 22.9 Å². The Hall–Kier alpha value is -1.56. The number of benzene rings is 1. The van der Waals surface area contributed by atoms with Crippen LogP contribution in [0, 0.1) is 0 Å². The van der Waals surface area contributed by atoms with E-state index in [4.69, 9.17) is 5.73 Å². The summed E-state index contributed by atoms with van der Waals surface area (Å²) in [4.78, 5) is 22.9. The summed E-state index contributed by atoms with van der Waals surface area (Å²) >= 11 is 3.37. The van der Waals surface area contributed by atoms with E-state index in [1.54, 1.807) is 0 Å². The number of carbonyl (C=O) groups is 2. The molecule has 1 aromatic rings. The van der Waals surface area contributed by atoms with Crippen molar-refractivity contribution in [2.24, 2.45) is 5.73 Å². The number of carbonyl (C=O) groups excluding carboxylic acids is 2. The van der Waals surface area contributed by atoms with Crippen molar-refractivity contribution in [3.63, 3.8) is 0 Å².